The highest BCUT2D eigenvalue weighted by Gasteiger charge is 2.27. The van der Waals surface area contributed by atoms with Gasteiger partial charge in [-0.25, -0.2) is 0 Å². The summed E-state index contributed by atoms with van der Waals surface area (Å²) in [7, 11) is 0. The summed E-state index contributed by atoms with van der Waals surface area (Å²) >= 11 is 0. The van der Waals surface area contributed by atoms with Crippen LogP contribution in [0.4, 0.5) is 0 Å². The molecule has 0 radical (unpaired) electrons. The van der Waals surface area contributed by atoms with E-state index in [1.54, 1.807) is 0 Å². The lowest BCUT2D eigenvalue weighted by atomic mass is 9.75. The summed E-state index contributed by atoms with van der Waals surface area (Å²) in [6.45, 7) is 11.3. The minimum Gasteiger partial charge on any atom is -0.316 e. The van der Waals surface area contributed by atoms with Gasteiger partial charge in [-0.1, -0.05) is 64.8 Å². The lowest BCUT2D eigenvalue weighted by molar-refractivity contribution is 0.231. The predicted octanol–water partition coefficient (Wildman–Crippen LogP) is 4.99. The number of hydrogen-bond donors (Lipinski definition) is 1. The fourth-order valence-corrected chi connectivity index (χ4v) is 2.93. The molecule has 0 aliphatic heterocycles. The zero-order valence-corrected chi connectivity index (χ0v) is 14.0. The van der Waals surface area contributed by atoms with E-state index in [-0.39, 0.29) is 0 Å². The van der Waals surface area contributed by atoms with Crippen LogP contribution >= 0.6 is 0 Å². The van der Waals surface area contributed by atoms with Crippen molar-refractivity contribution in [3.8, 4) is 0 Å². The summed E-state index contributed by atoms with van der Waals surface area (Å²) in [5.41, 5.74) is 3.37. The quantitative estimate of drug-likeness (QED) is 0.634. The molecule has 0 amide bonds. The number of hydrogen-bond acceptors (Lipinski definition) is 1. The molecule has 0 heterocycles. The largest absolute Gasteiger partial charge is 0.316 e. The van der Waals surface area contributed by atoms with E-state index in [1.165, 1.54) is 43.2 Å². The maximum absolute atomic E-state index is 3.59. The molecular formula is C19H33N. The van der Waals surface area contributed by atoms with Crippen LogP contribution in [0.15, 0.2) is 24.3 Å². The molecule has 1 heteroatoms. The van der Waals surface area contributed by atoms with Gasteiger partial charge in [0.2, 0.25) is 0 Å². The van der Waals surface area contributed by atoms with Crippen molar-refractivity contribution < 1.29 is 0 Å². The normalized spacial score (nSPS) is 14.2. The molecule has 0 fully saturated rings. The SMILES string of the molecule is CCCCC(CC)(CNCC)Cc1ccc(CC)cc1. The number of benzene rings is 1. The summed E-state index contributed by atoms with van der Waals surface area (Å²) in [6, 6.07) is 9.26. The molecule has 1 rings (SSSR count). The highest BCUT2D eigenvalue weighted by Crippen LogP contribution is 2.32. The predicted molar refractivity (Wildman–Crippen MR) is 90.3 cm³/mol. The van der Waals surface area contributed by atoms with Crippen molar-refractivity contribution >= 4 is 0 Å². The van der Waals surface area contributed by atoms with Crippen LogP contribution in [0.1, 0.15) is 64.5 Å². The average Bonchev–Trinajstić information content (AvgIpc) is 2.51. The molecule has 1 aromatic carbocycles. The highest BCUT2D eigenvalue weighted by molar-refractivity contribution is 5.23. The van der Waals surface area contributed by atoms with Crippen LogP contribution in [0.25, 0.3) is 0 Å². The molecular weight excluding hydrogens is 242 g/mol. The summed E-state index contributed by atoms with van der Waals surface area (Å²) < 4.78 is 0. The molecule has 1 nitrogen and oxygen atoms in total. The first kappa shape index (κ1) is 17.2. The molecule has 0 saturated carbocycles. The lowest BCUT2D eigenvalue weighted by Gasteiger charge is -2.33. The van der Waals surface area contributed by atoms with Crippen molar-refractivity contribution in [3.05, 3.63) is 35.4 Å². The summed E-state index contributed by atoms with van der Waals surface area (Å²) in [5.74, 6) is 0. The van der Waals surface area contributed by atoms with Crippen LogP contribution in [-0.2, 0) is 12.8 Å². The Morgan fingerprint density at radius 2 is 1.60 bits per heavy atom. The van der Waals surface area contributed by atoms with E-state index >= 15 is 0 Å². The molecule has 0 spiro atoms. The third-order valence-electron chi connectivity index (χ3n) is 4.57. The second-order valence-corrected chi connectivity index (χ2v) is 6.08. The van der Waals surface area contributed by atoms with E-state index in [0.29, 0.717) is 5.41 Å². The van der Waals surface area contributed by atoms with E-state index in [0.717, 1.165) is 19.5 Å². The van der Waals surface area contributed by atoms with Gasteiger partial charge in [0, 0.05) is 6.54 Å². The van der Waals surface area contributed by atoms with Gasteiger partial charge < -0.3 is 5.32 Å². The van der Waals surface area contributed by atoms with Crippen LogP contribution in [0.2, 0.25) is 0 Å². The Morgan fingerprint density at radius 3 is 2.10 bits per heavy atom. The zero-order chi connectivity index (χ0) is 14.8. The van der Waals surface area contributed by atoms with E-state index in [9.17, 15) is 0 Å². The minimum atomic E-state index is 0.430. The van der Waals surface area contributed by atoms with Gasteiger partial charge >= 0.3 is 0 Å². The van der Waals surface area contributed by atoms with Gasteiger partial charge in [0.05, 0.1) is 0 Å². The van der Waals surface area contributed by atoms with Crippen LogP contribution in [0.3, 0.4) is 0 Å². The molecule has 1 atom stereocenters. The Labute approximate surface area is 126 Å². The van der Waals surface area contributed by atoms with Crippen LogP contribution in [0.5, 0.6) is 0 Å². The molecule has 1 aromatic rings. The number of rotatable bonds is 10. The van der Waals surface area contributed by atoms with Gasteiger partial charge in [0.25, 0.3) is 0 Å². The monoisotopic (exact) mass is 275 g/mol. The third kappa shape index (κ3) is 5.28. The number of aryl methyl sites for hydroxylation is 1. The smallest absolute Gasteiger partial charge is 0.00108 e. The summed E-state index contributed by atoms with van der Waals surface area (Å²) in [5, 5.41) is 3.59. The van der Waals surface area contributed by atoms with Gasteiger partial charge in [-0.2, -0.15) is 0 Å². The molecule has 0 aromatic heterocycles. The van der Waals surface area contributed by atoms with Crippen molar-refractivity contribution in [1.29, 1.82) is 0 Å². The Bertz CT molecular complexity index is 345. The highest BCUT2D eigenvalue weighted by atomic mass is 14.9. The first-order valence-corrected chi connectivity index (χ1v) is 8.48. The first-order valence-electron chi connectivity index (χ1n) is 8.48. The number of unbranched alkanes of at least 4 members (excludes halogenated alkanes) is 1. The van der Waals surface area contributed by atoms with Crippen molar-refractivity contribution in [1.82, 2.24) is 5.32 Å². The van der Waals surface area contributed by atoms with E-state index in [4.69, 9.17) is 0 Å². The minimum absolute atomic E-state index is 0.430. The van der Waals surface area contributed by atoms with Gasteiger partial charge in [-0.15, -0.1) is 0 Å². The first-order chi connectivity index (χ1) is 9.69. The lowest BCUT2D eigenvalue weighted by Crippen LogP contribution is -2.36. The molecule has 114 valence electrons. The van der Waals surface area contributed by atoms with Crippen molar-refractivity contribution in [2.24, 2.45) is 5.41 Å². The standard InChI is InChI=1S/C19H33N/c1-5-9-14-19(7-3,16-20-8-4)15-18-12-10-17(6-2)11-13-18/h10-13,20H,5-9,14-16H2,1-4H3. The average molecular weight is 275 g/mol. The molecule has 0 bridgehead atoms. The summed E-state index contributed by atoms with van der Waals surface area (Å²) in [6.07, 6.45) is 7.57. The van der Waals surface area contributed by atoms with Crippen LogP contribution in [-0.4, -0.2) is 13.1 Å². The van der Waals surface area contributed by atoms with Crippen molar-refractivity contribution in [2.45, 2.75) is 66.2 Å². The molecule has 0 aliphatic carbocycles. The summed E-state index contributed by atoms with van der Waals surface area (Å²) in [4.78, 5) is 0. The molecule has 0 aliphatic rings. The van der Waals surface area contributed by atoms with E-state index < -0.39 is 0 Å². The van der Waals surface area contributed by atoms with Gasteiger partial charge in [-0.05, 0) is 48.8 Å². The van der Waals surface area contributed by atoms with Crippen molar-refractivity contribution in [3.63, 3.8) is 0 Å². The third-order valence-corrected chi connectivity index (χ3v) is 4.57. The maximum Gasteiger partial charge on any atom is 0.00108 e. The van der Waals surface area contributed by atoms with Gasteiger partial charge in [0.1, 0.15) is 0 Å². The Hall–Kier alpha value is -0.820. The van der Waals surface area contributed by atoms with Crippen LogP contribution in [0, 0.1) is 5.41 Å². The topological polar surface area (TPSA) is 12.0 Å². The van der Waals surface area contributed by atoms with Gasteiger partial charge in [-0.3, -0.25) is 0 Å². The van der Waals surface area contributed by atoms with E-state index in [1.807, 2.05) is 0 Å². The maximum atomic E-state index is 3.59. The second-order valence-electron chi connectivity index (χ2n) is 6.08. The Kier molecular flexibility index (Phi) is 7.91. The Balaban J connectivity index is 2.79. The fourth-order valence-electron chi connectivity index (χ4n) is 2.93. The molecule has 1 N–H and O–H groups in total. The fraction of sp³-hybridized carbons (Fsp3) is 0.684. The van der Waals surface area contributed by atoms with Crippen LogP contribution < -0.4 is 5.32 Å². The molecule has 20 heavy (non-hydrogen) atoms. The Morgan fingerprint density at radius 1 is 0.950 bits per heavy atom. The number of nitrogens with one attached hydrogen (secondary N) is 1. The van der Waals surface area contributed by atoms with Crippen molar-refractivity contribution in [2.75, 3.05) is 13.1 Å². The van der Waals surface area contributed by atoms with Gasteiger partial charge in [0.15, 0.2) is 0 Å². The van der Waals surface area contributed by atoms with E-state index in [2.05, 4.69) is 57.3 Å². The molecule has 1 unspecified atom stereocenters. The zero-order valence-electron chi connectivity index (χ0n) is 14.0. The second kappa shape index (κ2) is 9.18. The molecule has 0 saturated heterocycles.